The zero-order chi connectivity index (χ0) is 15.4. The second kappa shape index (κ2) is 6.60. The summed E-state index contributed by atoms with van der Waals surface area (Å²) >= 11 is 0. The van der Waals surface area contributed by atoms with Gasteiger partial charge in [0.1, 0.15) is 0 Å². The summed E-state index contributed by atoms with van der Waals surface area (Å²) in [5.41, 5.74) is 2.08. The van der Waals surface area contributed by atoms with Gasteiger partial charge in [0, 0.05) is 19.3 Å². The van der Waals surface area contributed by atoms with Gasteiger partial charge in [0.2, 0.25) is 10.0 Å². The van der Waals surface area contributed by atoms with Crippen LogP contribution in [-0.4, -0.2) is 27.7 Å². The van der Waals surface area contributed by atoms with Crippen molar-refractivity contribution in [3.8, 4) is 11.1 Å². The van der Waals surface area contributed by atoms with Crippen LogP contribution in [0.5, 0.6) is 0 Å². The SMILES string of the molecule is O=S(=O)(NC1CCOCC1)c1ccc(-c2ccccc2)cc1. The van der Waals surface area contributed by atoms with Gasteiger partial charge in [0.25, 0.3) is 0 Å². The zero-order valence-electron chi connectivity index (χ0n) is 12.2. The highest BCUT2D eigenvalue weighted by Crippen LogP contribution is 2.21. The number of sulfonamides is 1. The molecule has 4 nitrogen and oxygen atoms in total. The minimum absolute atomic E-state index is 0.0347. The molecule has 0 spiro atoms. The Labute approximate surface area is 131 Å². The van der Waals surface area contributed by atoms with Crippen molar-refractivity contribution in [2.45, 2.75) is 23.8 Å². The maximum Gasteiger partial charge on any atom is 0.240 e. The van der Waals surface area contributed by atoms with Gasteiger partial charge in [-0.15, -0.1) is 0 Å². The molecule has 1 aliphatic heterocycles. The fourth-order valence-electron chi connectivity index (χ4n) is 2.56. The van der Waals surface area contributed by atoms with Crippen LogP contribution >= 0.6 is 0 Å². The Kier molecular flexibility index (Phi) is 4.57. The van der Waals surface area contributed by atoms with Crippen molar-refractivity contribution >= 4 is 10.0 Å². The Morgan fingerprint density at radius 3 is 2.09 bits per heavy atom. The van der Waals surface area contributed by atoms with Crippen LogP contribution in [0.1, 0.15) is 12.8 Å². The molecule has 0 aliphatic carbocycles. The van der Waals surface area contributed by atoms with Crippen molar-refractivity contribution in [2.24, 2.45) is 0 Å². The molecular formula is C17H19NO3S. The lowest BCUT2D eigenvalue weighted by atomic mass is 10.1. The lowest BCUT2D eigenvalue weighted by Gasteiger charge is -2.23. The largest absolute Gasteiger partial charge is 0.381 e. The second-order valence-electron chi connectivity index (χ2n) is 5.40. The van der Waals surface area contributed by atoms with Crippen molar-refractivity contribution in [3.63, 3.8) is 0 Å². The molecule has 1 heterocycles. The third-order valence-electron chi connectivity index (χ3n) is 3.81. The molecule has 3 rings (SSSR count). The quantitative estimate of drug-likeness (QED) is 0.943. The van der Waals surface area contributed by atoms with E-state index >= 15 is 0 Å². The normalized spacial score (nSPS) is 16.5. The molecule has 0 unspecified atom stereocenters. The van der Waals surface area contributed by atoms with Crippen molar-refractivity contribution in [3.05, 3.63) is 54.6 Å². The van der Waals surface area contributed by atoms with Gasteiger partial charge in [-0.05, 0) is 36.1 Å². The summed E-state index contributed by atoms with van der Waals surface area (Å²) in [7, 11) is -3.46. The fourth-order valence-corrected chi connectivity index (χ4v) is 3.87. The van der Waals surface area contributed by atoms with Crippen LogP contribution in [0.15, 0.2) is 59.5 Å². The fraction of sp³-hybridized carbons (Fsp3) is 0.294. The van der Waals surface area contributed by atoms with Gasteiger partial charge >= 0.3 is 0 Å². The highest BCUT2D eigenvalue weighted by atomic mass is 32.2. The average Bonchev–Trinajstić information content (AvgIpc) is 2.56. The first-order chi connectivity index (χ1) is 10.6. The number of rotatable bonds is 4. The molecule has 22 heavy (non-hydrogen) atoms. The van der Waals surface area contributed by atoms with Crippen LogP contribution in [0.25, 0.3) is 11.1 Å². The molecule has 2 aromatic carbocycles. The Hall–Kier alpha value is -1.69. The maximum absolute atomic E-state index is 12.4. The van der Waals surface area contributed by atoms with E-state index in [-0.39, 0.29) is 6.04 Å². The molecule has 1 aliphatic rings. The van der Waals surface area contributed by atoms with E-state index in [4.69, 9.17) is 4.74 Å². The summed E-state index contributed by atoms with van der Waals surface area (Å²) in [6.45, 7) is 1.22. The third kappa shape index (κ3) is 3.55. The van der Waals surface area contributed by atoms with Gasteiger partial charge in [-0.2, -0.15) is 0 Å². The standard InChI is InChI=1S/C17H19NO3S/c19-22(20,18-16-10-12-21-13-11-16)17-8-6-15(7-9-17)14-4-2-1-3-5-14/h1-9,16,18H,10-13H2. The molecule has 0 amide bonds. The van der Waals surface area contributed by atoms with Gasteiger partial charge < -0.3 is 4.74 Å². The van der Waals surface area contributed by atoms with Gasteiger partial charge in [-0.25, -0.2) is 13.1 Å². The smallest absolute Gasteiger partial charge is 0.240 e. The highest BCUT2D eigenvalue weighted by Gasteiger charge is 2.21. The Balaban J connectivity index is 1.76. The van der Waals surface area contributed by atoms with E-state index in [1.54, 1.807) is 12.1 Å². The molecule has 1 saturated heterocycles. The topological polar surface area (TPSA) is 55.4 Å². The van der Waals surface area contributed by atoms with Crippen molar-refractivity contribution in [2.75, 3.05) is 13.2 Å². The second-order valence-corrected chi connectivity index (χ2v) is 7.11. The summed E-state index contributed by atoms with van der Waals surface area (Å²) < 4.78 is 32.8. The Morgan fingerprint density at radius 1 is 0.864 bits per heavy atom. The first-order valence-electron chi connectivity index (χ1n) is 7.41. The van der Waals surface area contributed by atoms with Crippen molar-refractivity contribution < 1.29 is 13.2 Å². The van der Waals surface area contributed by atoms with Gasteiger partial charge in [-0.1, -0.05) is 42.5 Å². The maximum atomic E-state index is 12.4. The molecule has 1 fully saturated rings. The third-order valence-corrected chi connectivity index (χ3v) is 5.35. The Bertz CT molecular complexity index is 705. The lowest BCUT2D eigenvalue weighted by molar-refractivity contribution is 0.0832. The number of nitrogens with one attached hydrogen (secondary N) is 1. The zero-order valence-corrected chi connectivity index (χ0v) is 13.1. The Morgan fingerprint density at radius 2 is 1.45 bits per heavy atom. The summed E-state index contributed by atoms with van der Waals surface area (Å²) in [6, 6.07) is 16.9. The molecular weight excluding hydrogens is 298 g/mol. The van der Waals surface area contributed by atoms with Crippen LogP contribution in [0.4, 0.5) is 0 Å². The van der Waals surface area contributed by atoms with Crippen LogP contribution in [0.3, 0.4) is 0 Å². The number of hydrogen-bond donors (Lipinski definition) is 1. The predicted molar refractivity (Wildman–Crippen MR) is 86.0 cm³/mol. The summed E-state index contributed by atoms with van der Waals surface area (Å²) in [4.78, 5) is 0.304. The molecule has 0 radical (unpaired) electrons. The number of hydrogen-bond acceptors (Lipinski definition) is 3. The lowest BCUT2D eigenvalue weighted by Crippen LogP contribution is -2.38. The van der Waals surface area contributed by atoms with Crippen molar-refractivity contribution in [1.29, 1.82) is 0 Å². The average molecular weight is 317 g/mol. The molecule has 1 N–H and O–H groups in total. The van der Waals surface area contributed by atoms with Crippen molar-refractivity contribution in [1.82, 2.24) is 4.72 Å². The van der Waals surface area contributed by atoms with E-state index in [1.807, 2.05) is 42.5 Å². The first kappa shape index (κ1) is 15.2. The summed E-state index contributed by atoms with van der Waals surface area (Å²) in [5.74, 6) is 0. The predicted octanol–water partition coefficient (Wildman–Crippen LogP) is 2.81. The minimum Gasteiger partial charge on any atom is -0.381 e. The van der Waals surface area contributed by atoms with E-state index in [9.17, 15) is 8.42 Å². The molecule has 0 bridgehead atoms. The number of ether oxygens (including phenoxy) is 1. The van der Waals surface area contributed by atoms with Crippen LogP contribution in [0, 0.1) is 0 Å². The summed E-state index contributed by atoms with van der Waals surface area (Å²) in [5, 5.41) is 0. The van der Waals surface area contributed by atoms with Crippen LogP contribution < -0.4 is 4.72 Å². The molecule has 0 aromatic heterocycles. The first-order valence-corrected chi connectivity index (χ1v) is 8.89. The van der Waals surface area contributed by atoms with E-state index in [1.165, 1.54) is 0 Å². The summed E-state index contributed by atoms with van der Waals surface area (Å²) in [6.07, 6.45) is 1.45. The van der Waals surface area contributed by atoms with Crippen LogP contribution in [0.2, 0.25) is 0 Å². The highest BCUT2D eigenvalue weighted by molar-refractivity contribution is 7.89. The van der Waals surface area contributed by atoms with E-state index in [0.29, 0.717) is 18.1 Å². The molecule has 5 heteroatoms. The van der Waals surface area contributed by atoms with Gasteiger partial charge in [0.15, 0.2) is 0 Å². The van der Waals surface area contributed by atoms with E-state index < -0.39 is 10.0 Å². The van der Waals surface area contributed by atoms with Crippen LogP contribution in [-0.2, 0) is 14.8 Å². The minimum atomic E-state index is -3.46. The molecule has 0 saturated carbocycles. The van der Waals surface area contributed by atoms with Gasteiger partial charge in [-0.3, -0.25) is 0 Å². The molecule has 2 aromatic rings. The molecule has 0 atom stereocenters. The molecule has 116 valence electrons. The monoisotopic (exact) mass is 317 g/mol. The van der Waals surface area contributed by atoms with Gasteiger partial charge in [0.05, 0.1) is 4.90 Å². The number of benzene rings is 2. The van der Waals surface area contributed by atoms with E-state index in [2.05, 4.69) is 4.72 Å². The van der Waals surface area contributed by atoms with E-state index in [0.717, 1.165) is 24.0 Å².